The molecular formula is C13H19BrN2O3. The number of amides is 1. The predicted molar refractivity (Wildman–Crippen MR) is 76.2 cm³/mol. The van der Waals surface area contributed by atoms with E-state index in [1.54, 1.807) is 37.4 Å². The lowest BCUT2D eigenvalue weighted by molar-refractivity contribution is 0.0479. The van der Waals surface area contributed by atoms with Crippen molar-refractivity contribution in [2.75, 3.05) is 34.0 Å². The first-order chi connectivity index (χ1) is 9.10. The Kier molecular flexibility index (Phi) is 6.97. The highest BCUT2D eigenvalue weighted by molar-refractivity contribution is 9.10. The summed E-state index contributed by atoms with van der Waals surface area (Å²) in [7, 11) is 3.24. The molecule has 1 amide bonds. The molecule has 0 saturated heterocycles. The summed E-state index contributed by atoms with van der Waals surface area (Å²) in [5.41, 5.74) is 0.598. The number of ether oxygens (including phenoxy) is 2. The van der Waals surface area contributed by atoms with Crippen LogP contribution < -0.4 is 0 Å². The van der Waals surface area contributed by atoms with Crippen LogP contribution in [-0.2, 0) is 9.47 Å². The van der Waals surface area contributed by atoms with E-state index in [4.69, 9.17) is 9.47 Å². The average molecular weight is 331 g/mol. The Morgan fingerprint density at radius 1 is 1.47 bits per heavy atom. The van der Waals surface area contributed by atoms with Crippen molar-refractivity contribution in [3.8, 4) is 0 Å². The number of hydrogen-bond donors (Lipinski definition) is 0. The van der Waals surface area contributed by atoms with E-state index in [1.165, 1.54) is 0 Å². The first-order valence-electron chi connectivity index (χ1n) is 6.00. The molecule has 19 heavy (non-hydrogen) atoms. The van der Waals surface area contributed by atoms with Crippen molar-refractivity contribution in [1.29, 1.82) is 0 Å². The Bertz CT molecular complexity index is 415. The molecule has 0 aliphatic heterocycles. The van der Waals surface area contributed by atoms with Gasteiger partial charge in [0.15, 0.2) is 0 Å². The van der Waals surface area contributed by atoms with Crippen LogP contribution in [0.25, 0.3) is 0 Å². The molecule has 1 atom stereocenters. The van der Waals surface area contributed by atoms with E-state index >= 15 is 0 Å². The van der Waals surface area contributed by atoms with E-state index in [-0.39, 0.29) is 11.9 Å². The zero-order valence-corrected chi connectivity index (χ0v) is 13.0. The maximum absolute atomic E-state index is 12.5. The molecule has 1 aromatic rings. The van der Waals surface area contributed by atoms with Gasteiger partial charge in [-0.2, -0.15) is 0 Å². The lowest BCUT2D eigenvalue weighted by Gasteiger charge is -2.28. The van der Waals surface area contributed by atoms with Crippen LogP contribution in [0.4, 0.5) is 0 Å². The Morgan fingerprint density at radius 2 is 2.21 bits per heavy atom. The van der Waals surface area contributed by atoms with Gasteiger partial charge < -0.3 is 14.4 Å². The van der Waals surface area contributed by atoms with Gasteiger partial charge in [-0.15, -0.1) is 0 Å². The van der Waals surface area contributed by atoms with Crippen molar-refractivity contribution in [2.45, 2.75) is 13.0 Å². The summed E-state index contributed by atoms with van der Waals surface area (Å²) in [5, 5.41) is 0. The van der Waals surface area contributed by atoms with Crippen molar-refractivity contribution < 1.29 is 14.3 Å². The Balaban J connectivity index is 2.86. The minimum absolute atomic E-state index is 0.0143. The van der Waals surface area contributed by atoms with E-state index in [2.05, 4.69) is 20.9 Å². The number of pyridine rings is 1. The van der Waals surface area contributed by atoms with Crippen LogP contribution in [0.2, 0.25) is 0 Å². The third-order valence-corrected chi connectivity index (χ3v) is 3.14. The number of methoxy groups -OCH3 is 2. The second-order valence-corrected chi connectivity index (χ2v) is 4.98. The molecule has 0 aromatic carbocycles. The normalized spacial score (nSPS) is 12.2. The average Bonchev–Trinajstić information content (AvgIpc) is 2.39. The van der Waals surface area contributed by atoms with Crippen LogP contribution in [0.15, 0.2) is 22.9 Å². The van der Waals surface area contributed by atoms with Crippen molar-refractivity contribution in [2.24, 2.45) is 0 Å². The number of nitrogens with zero attached hydrogens (tertiary/aromatic N) is 2. The van der Waals surface area contributed by atoms with Gasteiger partial charge in [-0.3, -0.25) is 4.79 Å². The molecule has 0 saturated carbocycles. The van der Waals surface area contributed by atoms with Gasteiger partial charge in [-0.25, -0.2) is 4.98 Å². The number of carbonyl (C=O) groups excluding carboxylic acids is 1. The zero-order chi connectivity index (χ0) is 14.3. The maximum atomic E-state index is 12.5. The van der Waals surface area contributed by atoms with Crippen LogP contribution in [0.3, 0.4) is 0 Å². The fourth-order valence-electron chi connectivity index (χ4n) is 1.74. The number of aromatic nitrogens is 1. The van der Waals surface area contributed by atoms with Crippen LogP contribution in [0.5, 0.6) is 0 Å². The molecule has 0 aliphatic rings. The molecule has 5 nitrogen and oxygen atoms in total. The lowest BCUT2D eigenvalue weighted by Crippen LogP contribution is -2.43. The molecule has 1 unspecified atom stereocenters. The highest BCUT2D eigenvalue weighted by Gasteiger charge is 2.21. The van der Waals surface area contributed by atoms with E-state index in [0.29, 0.717) is 29.9 Å². The predicted octanol–water partition coefficient (Wildman–Crippen LogP) is 1.97. The third-order valence-electron chi connectivity index (χ3n) is 2.71. The van der Waals surface area contributed by atoms with Crippen LogP contribution in [0.1, 0.15) is 17.3 Å². The van der Waals surface area contributed by atoms with Gasteiger partial charge in [-0.05, 0) is 35.0 Å². The first-order valence-corrected chi connectivity index (χ1v) is 6.79. The smallest absolute Gasteiger partial charge is 0.254 e. The maximum Gasteiger partial charge on any atom is 0.254 e. The molecule has 0 radical (unpaired) electrons. The Hall–Kier alpha value is -0.980. The fourth-order valence-corrected chi connectivity index (χ4v) is 2.11. The van der Waals surface area contributed by atoms with Gasteiger partial charge in [-0.1, -0.05) is 0 Å². The molecule has 6 heteroatoms. The van der Waals surface area contributed by atoms with Gasteiger partial charge in [0, 0.05) is 32.5 Å². The Labute approximate surface area is 122 Å². The summed E-state index contributed by atoms with van der Waals surface area (Å²) in [6.45, 7) is 3.46. The lowest BCUT2D eigenvalue weighted by atomic mass is 10.2. The zero-order valence-electron chi connectivity index (χ0n) is 11.4. The van der Waals surface area contributed by atoms with Crippen LogP contribution in [-0.4, -0.2) is 55.8 Å². The van der Waals surface area contributed by atoms with Crippen molar-refractivity contribution in [1.82, 2.24) is 9.88 Å². The SMILES string of the molecule is COCCN(C(=O)c1ccnc(Br)c1)C(C)COC. The summed E-state index contributed by atoms with van der Waals surface area (Å²) in [6, 6.07) is 3.40. The highest BCUT2D eigenvalue weighted by Crippen LogP contribution is 2.12. The topological polar surface area (TPSA) is 51.7 Å². The number of halogens is 1. The molecule has 0 fully saturated rings. The van der Waals surface area contributed by atoms with E-state index in [0.717, 1.165) is 0 Å². The standard InChI is InChI=1S/C13H19BrN2O3/c1-10(9-19-3)16(6-7-18-2)13(17)11-4-5-15-12(14)8-11/h4-5,8,10H,6-7,9H2,1-3H3. The van der Waals surface area contributed by atoms with Gasteiger partial charge in [0.05, 0.1) is 19.3 Å². The fraction of sp³-hybridized carbons (Fsp3) is 0.538. The second kappa shape index (κ2) is 8.24. The first kappa shape index (κ1) is 16.1. The quantitative estimate of drug-likeness (QED) is 0.717. The minimum atomic E-state index is -0.0512. The summed E-state index contributed by atoms with van der Waals surface area (Å²) in [6.07, 6.45) is 1.60. The molecule has 0 spiro atoms. The summed E-state index contributed by atoms with van der Waals surface area (Å²) >= 11 is 3.27. The largest absolute Gasteiger partial charge is 0.383 e. The summed E-state index contributed by atoms with van der Waals surface area (Å²) in [5.74, 6) is -0.0512. The summed E-state index contributed by atoms with van der Waals surface area (Å²) in [4.78, 5) is 18.3. The van der Waals surface area contributed by atoms with E-state index in [1.807, 2.05) is 6.92 Å². The van der Waals surface area contributed by atoms with Gasteiger partial charge in [0.2, 0.25) is 0 Å². The van der Waals surface area contributed by atoms with E-state index in [9.17, 15) is 4.79 Å². The van der Waals surface area contributed by atoms with Gasteiger partial charge >= 0.3 is 0 Å². The van der Waals surface area contributed by atoms with Crippen molar-refractivity contribution in [3.05, 3.63) is 28.5 Å². The van der Waals surface area contributed by atoms with Crippen LogP contribution >= 0.6 is 15.9 Å². The molecule has 1 rings (SSSR count). The number of carbonyl (C=O) groups is 1. The second-order valence-electron chi connectivity index (χ2n) is 4.16. The molecule has 0 aliphatic carbocycles. The van der Waals surface area contributed by atoms with Crippen molar-refractivity contribution in [3.63, 3.8) is 0 Å². The minimum Gasteiger partial charge on any atom is -0.383 e. The highest BCUT2D eigenvalue weighted by atomic mass is 79.9. The summed E-state index contributed by atoms with van der Waals surface area (Å²) < 4.78 is 10.8. The number of rotatable bonds is 7. The van der Waals surface area contributed by atoms with Gasteiger partial charge in [0.1, 0.15) is 4.60 Å². The van der Waals surface area contributed by atoms with Crippen molar-refractivity contribution >= 4 is 21.8 Å². The monoisotopic (exact) mass is 330 g/mol. The van der Waals surface area contributed by atoms with Gasteiger partial charge in [0.25, 0.3) is 5.91 Å². The molecule has 0 bridgehead atoms. The molecule has 1 heterocycles. The molecular weight excluding hydrogens is 312 g/mol. The Morgan fingerprint density at radius 3 is 2.79 bits per heavy atom. The third kappa shape index (κ3) is 4.89. The molecule has 0 N–H and O–H groups in total. The van der Waals surface area contributed by atoms with Crippen LogP contribution in [0, 0.1) is 0 Å². The number of hydrogen-bond acceptors (Lipinski definition) is 4. The van der Waals surface area contributed by atoms with E-state index < -0.39 is 0 Å². The molecule has 106 valence electrons. The molecule has 1 aromatic heterocycles.